The number of rotatable bonds is 5. The molecule has 1 saturated carbocycles. The van der Waals surface area contributed by atoms with E-state index in [1.165, 1.54) is 12.8 Å². The molecule has 1 aliphatic heterocycles. The number of nitrogens with one attached hydrogen (secondary N) is 2. The molecule has 2 N–H and O–H groups in total. The van der Waals surface area contributed by atoms with Crippen LogP contribution in [0.2, 0.25) is 0 Å². The molecule has 6 heteroatoms. The lowest BCUT2D eigenvalue weighted by Crippen LogP contribution is -2.30. The van der Waals surface area contributed by atoms with Crippen molar-refractivity contribution in [1.29, 1.82) is 0 Å². The number of carbonyl (C=O) groups excluding carboxylic acids is 1. The summed E-state index contributed by atoms with van der Waals surface area (Å²) in [7, 11) is 0. The second-order valence-corrected chi connectivity index (χ2v) is 5.64. The molecule has 1 aromatic rings. The van der Waals surface area contributed by atoms with Gasteiger partial charge in [0.05, 0.1) is 6.04 Å². The fraction of sp³-hybridized carbons (Fsp3) is 0.769. The van der Waals surface area contributed by atoms with Gasteiger partial charge in [-0.05, 0) is 44.1 Å². The van der Waals surface area contributed by atoms with Crippen LogP contribution in [-0.2, 0) is 0 Å². The van der Waals surface area contributed by atoms with Crippen molar-refractivity contribution in [2.45, 2.75) is 45.1 Å². The Kier molecular flexibility index (Phi) is 3.26. The van der Waals surface area contributed by atoms with Crippen molar-refractivity contribution in [3.63, 3.8) is 0 Å². The average Bonchev–Trinajstić information content (AvgIpc) is 2.87. The van der Waals surface area contributed by atoms with E-state index < -0.39 is 0 Å². The van der Waals surface area contributed by atoms with Crippen LogP contribution in [0.15, 0.2) is 4.52 Å². The van der Waals surface area contributed by atoms with Crippen LogP contribution in [0, 0.1) is 5.41 Å². The summed E-state index contributed by atoms with van der Waals surface area (Å²) in [6.07, 6.45) is 5.60. The van der Waals surface area contributed by atoms with Gasteiger partial charge >= 0.3 is 0 Å². The number of hydrogen-bond acceptors (Lipinski definition) is 5. The maximum absolute atomic E-state index is 11.9. The van der Waals surface area contributed by atoms with E-state index in [0.717, 1.165) is 25.8 Å². The van der Waals surface area contributed by atoms with Crippen LogP contribution in [-0.4, -0.2) is 29.1 Å². The minimum atomic E-state index is -0.229. The highest BCUT2D eigenvalue weighted by Gasteiger charge is 2.40. The van der Waals surface area contributed by atoms with E-state index >= 15 is 0 Å². The minimum Gasteiger partial charge on any atom is -0.349 e. The van der Waals surface area contributed by atoms with Crippen LogP contribution in [0.4, 0.5) is 0 Å². The average molecular weight is 264 g/mol. The van der Waals surface area contributed by atoms with Crippen molar-refractivity contribution >= 4 is 5.91 Å². The Bertz CT molecular complexity index is 461. The molecule has 1 aromatic heterocycles. The lowest BCUT2D eigenvalue weighted by Gasteiger charge is -2.11. The number of nitrogens with zero attached hydrogens (tertiary/aromatic N) is 2. The summed E-state index contributed by atoms with van der Waals surface area (Å²) in [4.78, 5) is 16.1. The monoisotopic (exact) mass is 264 g/mol. The molecule has 1 unspecified atom stereocenters. The van der Waals surface area contributed by atoms with Crippen LogP contribution in [0.25, 0.3) is 0 Å². The molecular weight excluding hydrogens is 244 g/mol. The first-order valence-electron chi connectivity index (χ1n) is 7.08. The van der Waals surface area contributed by atoms with Crippen molar-refractivity contribution in [2.75, 3.05) is 13.1 Å². The van der Waals surface area contributed by atoms with E-state index in [1.807, 2.05) is 0 Å². The highest BCUT2D eigenvalue weighted by molar-refractivity contribution is 5.90. The van der Waals surface area contributed by atoms with E-state index in [9.17, 15) is 4.79 Å². The first-order valence-corrected chi connectivity index (χ1v) is 7.08. The SMILES string of the molecule is CCC1(CNC(=O)c2noc(C3CCCN3)n2)CC1. The molecule has 0 spiro atoms. The summed E-state index contributed by atoms with van der Waals surface area (Å²) in [6, 6.07) is 0.111. The molecule has 0 bridgehead atoms. The second kappa shape index (κ2) is 4.92. The largest absolute Gasteiger partial charge is 0.349 e. The van der Waals surface area contributed by atoms with Gasteiger partial charge in [0.1, 0.15) is 0 Å². The van der Waals surface area contributed by atoms with Gasteiger partial charge in [-0.25, -0.2) is 0 Å². The third-order valence-electron chi connectivity index (χ3n) is 4.33. The van der Waals surface area contributed by atoms with Crippen LogP contribution in [0.3, 0.4) is 0 Å². The molecule has 2 heterocycles. The molecule has 6 nitrogen and oxygen atoms in total. The number of amides is 1. The summed E-state index contributed by atoms with van der Waals surface area (Å²) in [5, 5.41) is 9.95. The van der Waals surface area contributed by atoms with E-state index in [0.29, 0.717) is 17.9 Å². The smallest absolute Gasteiger partial charge is 0.292 e. The van der Waals surface area contributed by atoms with Crippen molar-refractivity contribution in [2.24, 2.45) is 5.41 Å². The summed E-state index contributed by atoms with van der Waals surface area (Å²) in [6.45, 7) is 3.85. The first kappa shape index (κ1) is 12.6. The topological polar surface area (TPSA) is 80.0 Å². The fourth-order valence-electron chi connectivity index (χ4n) is 2.54. The Balaban J connectivity index is 1.57. The summed E-state index contributed by atoms with van der Waals surface area (Å²) in [5.41, 5.74) is 0.329. The highest BCUT2D eigenvalue weighted by Crippen LogP contribution is 2.47. The lowest BCUT2D eigenvalue weighted by molar-refractivity contribution is 0.0931. The second-order valence-electron chi connectivity index (χ2n) is 5.64. The predicted octanol–water partition coefficient (Wildman–Crippen LogP) is 1.41. The molecule has 1 amide bonds. The van der Waals surface area contributed by atoms with Crippen LogP contribution in [0.5, 0.6) is 0 Å². The van der Waals surface area contributed by atoms with Crippen molar-refractivity contribution in [3.8, 4) is 0 Å². The van der Waals surface area contributed by atoms with Gasteiger partial charge in [0.2, 0.25) is 5.89 Å². The van der Waals surface area contributed by atoms with Crippen molar-refractivity contribution < 1.29 is 9.32 Å². The highest BCUT2D eigenvalue weighted by atomic mass is 16.5. The molecule has 3 rings (SSSR count). The molecule has 1 saturated heterocycles. The molecule has 2 aliphatic rings. The molecule has 0 aromatic carbocycles. The molecule has 2 fully saturated rings. The normalized spacial score (nSPS) is 24.4. The van der Waals surface area contributed by atoms with Gasteiger partial charge in [-0.15, -0.1) is 0 Å². The standard InChI is InChI=1S/C13H20N4O2/c1-2-13(5-6-13)8-15-11(18)10-16-12(19-17-10)9-4-3-7-14-9/h9,14H,2-8H2,1H3,(H,15,18). The maximum atomic E-state index is 11.9. The van der Waals surface area contributed by atoms with Crippen molar-refractivity contribution in [1.82, 2.24) is 20.8 Å². The summed E-state index contributed by atoms with van der Waals surface area (Å²) in [5.74, 6) is 0.447. The van der Waals surface area contributed by atoms with E-state index in [-0.39, 0.29) is 17.8 Å². The number of hydrogen-bond donors (Lipinski definition) is 2. The number of aromatic nitrogens is 2. The van der Waals surface area contributed by atoms with Gasteiger partial charge in [-0.1, -0.05) is 12.1 Å². The first-order chi connectivity index (χ1) is 9.22. The third kappa shape index (κ3) is 2.63. The van der Waals surface area contributed by atoms with Crippen LogP contribution < -0.4 is 10.6 Å². The molecule has 104 valence electrons. The predicted molar refractivity (Wildman–Crippen MR) is 68.6 cm³/mol. The quantitative estimate of drug-likeness (QED) is 0.840. The Morgan fingerprint density at radius 1 is 1.58 bits per heavy atom. The van der Waals surface area contributed by atoms with E-state index in [1.54, 1.807) is 0 Å². The molecular formula is C13H20N4O2. The minimum absolute atomic E-state index is 0.111. The Morgan fingerprint density at radius 2 is 2.42 bits per heavy atom. The van der Waals surface area contributed by atoms with Crippen LogP contribution in [0.1, 0.15) is 61.6 Å². The van der Waals surface area contributed by atoms with Gasteiger partial charge < -0.3 is 15.2 Å². The van der Waals surface area contributed by atoms with Gasteiger partial charge in [0, 0.05) is 6.54 Å². The maximum Gasteiger partial charge on any atom is 0.292 e. The summed E-state index contributed by atoms with van der Waals surface area (Å²) >= 11 is 0. The van der Waals surface area contributed by atoms with Gasteiger partial charge in [-0.3, -0.25) is 4.79 Å². The van der Waals surface area contributed by atoms with Gasteiger partial charge in [-0.2, -0.15) is 4.98 Å². The van der Waals surface area contributed by atoms with Gasteiger partial charge in [0.25, 0.3) is 11.7 Å². The summed E-state index contributed by atoms with van der Waals surface area (Å²) < 4.78 is 5.16. The fourth-order valence-corrected chi connectivity index (χ4v) is 2.54. The third-order valence-corrected chi connectivity index (χ3v) is 4.33. The zero-order valence-electron chi connectivity index (χ0n) is 11.2. The molecule has 0 radical (unpaired) electrons. The molecule has 1 atom stereocenters. The Morgan fingerprint density at radius 3 is 3.05 bits per heavy atom. The van der Waals surface area contributed by atoms with E-state index in [2.05, 4.69) is 27.7 Å². The number of carbonyl (C=O) groups is 1. The molecule has 1 aliphatic carbocycles. The van der Waals surface area contributed by atoms with Gasteiger partial charge in [0.15, 0.2) is 0 Å². The lowest BCUT2D eigenvalue weighted by atomic mass is 10.0. The zero-order chi connectivity index (χ0) is 13.3. The molecule has 19 heavy (non-hydrogen) atoms. The van der Waals surface area contributed by atoms with Crippen molar-refractivity contribution in [3.05, 3.63) is 11.7 Å². The Hall–Kier alpha value is -1.43. The van der Waals surface area contributed by atoms with Crippen LogP contribution >= 0.6 is 0 Å². The Labute approximate surface area is 112 Å². The zero-order valence-corrected chi connectivity index (χ0v) is 11.2. The van der Waals surface area contributed by atoms with E-state index in [4.69, 9.17) is 4.52 Å².